The quantitative estimate of drug-likeness (QED) is 0.699. The van der Waals surface area contributed by atoms with Crippen molar-refractivity contribution in [1.29, 1.82) is 0 Å². The van der Waals surface area contributed by atoms with Gasteiger partial charge in [0.25, 0.3) is 0 Å². The van der Waals surface area contributed by atoms with E-state index < -0.39 is 0 Å². The maximum atomic E-state index is 5.57. The normalized spacial score (nSPS) is 31.0. The van der Waals surface area contributed by atoms with E-state index in [-0.39, 0.29) is 0 Å². The zero-order valence-corrected chi connectivity index (χ0v) is 8.47. The maximum absolute atomic E-state index is 5.57. The van der Waals surface area contributed by atoms with Crippen molar-refractivity contribution < 1.29 is 4.74 Å². The van der Waals surface area contributed by atoms with Crippen LogP contribution in [-0.2, 0) is 4.74 Å². The second-order valence-corrected chi connectivity index (χ2v) is 4.16. The van der Waals surface area contributed by atoms with Gasteiger partial charge in [0.1, 0.15) is 0 Å². The summed E-state index contributed by atoms with van der Waals surface area (Å²) in [6.45, 7) is 8.54. The van der Waals surface area contributed by atoms with Gasteiger partial charge in [0, 0.05) is 6.04 Å². The van der Waals surface area contributed by atoms with Gasteiger partial charge in [-0.3, -0.25) is 0 Å². The molecule has 1 rings (SSSR count). The lowest BCUT2D eigenvalue weighted by atomic mass is 9.95. The summed E-state index contributed by atoms with van der Waals surface area (Å²) in [4.78, 5) is 0. The van der Waals surface area contributed by atoms with E-state index in [0.717, 1.165) is 19.1 Å². The Labute approximate surface area is 75.7 Å². The molecule has 1 saturated heterocycles. The fourth-order valence-corrected chi connectivity index (χ4v) is 1.66. The molecule has 2 atom stereocenters. The molecule has 0 saturated carbocycles. The van der Waals surface area contributed by atoms with Crippen molar-refractivity contribution in [2.45, 2.75) is 45.8 Å². The molecule has 72 valence electrons. The van der Waals surface area contributed by atoms with Crippen LogP contribution in [0.5, 0.6) is 0 Å². The summed E-state index contributed by atoms with van der Waals surface area (Å²) in [5.41, 5.74) is 0. The molecule has 0 aliphatic carbocycles. The zero-order valence-electron chi connectivity index (χ0n) is 8.47. The molecule has 1 fully saturated rings. The van der Waals surface area contributed by atoms with Crippen molar-refractivity contribution >= 4 is 0 Å². The fourth-order valence-electron chi connectivity index (χ4n) is 1.66. The van der Waals surface area contributed by atoms with Crippen molar-refractivity contribution in [3.05, 3.63) is 0 Å². The molecule has 0 amide bonds. The van der Waals surface area contributed by atoms with Crippen LogP contribution in [0.3, 0.4) is 0 Å². The lowest BCUT2D eigenvalue weighted by Gasteiger charge is -2.28. The molecule has 1 aliphatic heterocycles. The highest BCUT2D eigenvalue weighted by Gasteiger charge is 2.18. The molecule has 1 heterocycles. The van der Waals surface area contributed by atoms with Gasteiger partial charge in [-0.25, -0.2) is 0 Å². The predicted molar refractivity (Wildman–Crippen MR) is 51.3 cm³/mol. The standard InChI is InChI=1S/C10H21NO/c1-8(2)12-7-10-6-9(3)4-5-11-10/h8-11H,4-7H2,1-3H3. The number of rotatable bonds is 3. The molecule has 0 radical (unpaired) electrons. The van der Waals surface area contributed by atoms with E-state index in [2.05, 4.69) is 26.1 Å². The van der Waals surface area contributed by atoms with E-state index in [1.807, 2.05) is 0 Å². The van der Waals surface area contributed by atoms with Gasteiger partial charge in [-0.15, -0.1) is 0 Å². The molecule has 0 aromatic heterocycles. The fraction of sp³-hybridized carbons (Fsp3) is 1.00. The summed E-state index contributed by atoms with van der Waals surface area (Å²) in [5.74, 6) is 0.868. The summed E-state index contributed by atoms with van der Waals surface area (Å²) in [6, 6.07) is 0.594. The van der Waals surface area contributed by atoms with Crippen LogP contribution < -0.4 is 5.32 Å². The molecule has 0 aromatic carbocycles. The van der Waals surface area contributed by atoms with Crippen molar-refractivity contribution in [1.82, 2.24) is 5.32 Å². The minimum absolute atomic E-state index is 0.365. The van der Waals surface area contributed by atoms with Crippen molar-refractivity contribution in [2.24, 2.45) is 5.92 Å². The van der Waals surface area contributed by atoms with Crippen molar-refractivity contribution in [3.8, 4) is 0 Å². The number of ether oxygens (including phenoxy) is 1. The molecule has 0 bridgehead atoms. The Morgan fingerprint density at radius 3 is 2.83 bits per heavy atom. The van der Waals surface area contributed by atoms with Crippen LogP contribution in [0.25, 0.3) is 0 Å². The highest BCUT2D eigenvalue weighted by molar-refractivity contribution is 4.75. The Bertz CT molecular complexity index is 125. The first-order chi connectivity index (χ1) is 5.68. The molecule has 12 heavy (non-hydrogen) atoms. The number of piperidine rings is 1. The predicted octanol–water partition coefficient (Wildman–Crippen LogP) is 1.80. The molecule has 1 aliphatic rings. The van der Waals surface area contributed by atoms with E-state index in [1.165, 1.54) is 12.8 Å². The van der Waals surface area contributed by atoms with Gasteiger partial charge in [-0.1, -0.05) is 6.92 Å². The molecule has 1 N–H and O–H groups in total. The van der Waals surface area contributed by atoms with E-state index in [0.29, 0.717) is 12.1 Å². The minimum Gasteiger partial charge on any atom is -0.377 e. The topological polar surface area (TPSA) is 21.3 Å². The molecule has 2 unspecified atom stereocenters. The summed E-state index contributed by atoms with van der Waals surface area (Å²) >= 11 is 0. The monoisotopic (exact) mass is 171 g/mol. The Hall–Kier alpha value is -0.0800. The van der Waals surface area contributed by atoms with Gasteiger partial charge in [0.2, 0.25) is 0 Å². The largest absolute Gasteiger partial charge is 0.377 e. The number of hydrogen-bond donors (Lipinski definition) is 1. The van der Waals surface area contributed by atoms with Crippen LogP contribution in [0.1, 0.15) is 33.6 Å². The zero-order chi connectivity index (χ0) is 8.97. The maximum Gasteiger partial charge on any atom is 0.0623 e. The first kappa shape index (κ1) is 10.0. The Morgan fingerprint density at radius 1 is 1.50 bits per heavy atom. The molecule has 2 heteroatoms. The van der Waals surface area contributed by atoms with Crippen molar-refractivity contribution in [3.63, 3.8) is 0 Å². The van der Waals surface area contributed by atoms with Crippen LogP contribution in [0.4, 0.5) is 0 Å². The summed E-state index contributed by atoms with van der Waals surface area (Å²) in [7, 11) is 0. The Morgan fingerprint density at radius 2 is 2.25 bits per heavy atom. The minimum atomic E-state index is 0.365. The Balaban J connectivity index is 2.14. The van der Waals surface area contributed by atoms with Gasteiger partial charge in [0.05, 0.1) is 12.7 Å². The SMILES string of the molecule is CC1CCNC(COC(C)C)C1. The van der Waals surface area contributed by atoms with Crippen LogP contribution in [-0.4, -0.2) is 25.3 Å². The van der Waals surface area contributed by atoms with Gasteiger partial charge >= 0.3 is 0 Å². The molecule has 0 aromatic rings. The van der Waals surface area contributed by atoms with Crippen LogP contribution in [0.15, 0.2) is 0 Å². The number of hydrogen-bond acceptors (Lipinski definition) is 2. The Kier molecular flexibility index (Phi) is 4.02. The smallest absolute Gasteiger partial charge is 0.0623 e. The van der Waals surface area contributed by atoms with Crippen LogP contribution in [0, 0.1) is 5.92 Å². The average Bonchev–Trinajstić information content (AvgIpc) is 2.01. The van der Waals surface area contributed by atoms with E-state index in [1.54, 1.807) is 0 Å². The van der Waals surface area contributed by atoms with Crippen LogP contribution >= 0.6 is 0 Å². The summed E-state index contributed by atoms with van der Waals surface area (Å²) in [5, 5.41) is 3.48. The third-order valence-electron chi connectivity index (χ3n) is 2.39. The third-order valence-corrected chi connectivity index (χ3v) is 2.39. The van der Waals surface area contributed by atoms with Crippen LogP contribution in [0.2, 0.25) is 0 Å². The van der Waals surface area contributed by atoms with E-state index in [4.69, 9.17) is 4.74 Å². The van der Waals surface area contributed by atoms with Crippen molar-refractivity contribution in [2.75, 3.05) is 13.2 Å². The van der Waals surface area contributed by atoms with Gasteiger partial charge in [-0.05, 0) is 39.2 Å². The average molecular weight is 171 g/mol. The van der Waals surface area contributed by atoms with Gasteiger partial charge in [-0.2, -0.15) is 0 Å². The third kappa shape index (κ3) is 3.55. The highest BCUT2D eigenvalue weighted by Crippen LogP contribution is 2.15. The lowest BCUT2D eigenvalue weighted by molar-refractivity contribution is 0.0511. The summed E-state index contributed by atoms with van der Waals surface area (Å²) in [6.07, 6.45) is 2.95. The molecule has 0 spiro atoms. The second kappa shape index (κ2) is 4.83. The number of nitrogens with one attached hydrogen (secondary N) is 1. The van der Waals surface area contributed by atoms with E-state index >= 15 is 0 Å². The first-order valence-electron chi connectivity index (χ1n) is 5.03. The lowest BCUT2D eigenvalue weighted by Crippen LogP contribution is -2.41. The van der Waals surface area contributed by atoms with Gasteiger partial charge in [0.15, 0.2) is 0 Å². The molecule has 2 nitrogen and oxygen atoms in total. The first-order valence-corrected chi connectivity index (χ1v) is 5.03. The van der Waals surface area contributed by atoms with Gasteiger partial charge < -0.3 is 10.1 Å². The summed E-state index contributed by atoms with van der Waals surface area (Å²) < 4.78 is 5.57. The molecular weight excluding hydrogens is 150 g/mol. The molecular formula is C10H21NO. The van der Waals surface area contributed by atoms with E-state index in [9.17, 15) is 0 Å². The highest BCUT2D eigenvalue weighted by atomic mass is 16.5. The second-order valence-electron chi connectivity index (χ2n) is 4.16.